The fraction of sp³-hybridized carbons (Fsp3) is 0.226. The molecule has 2 heterocycles. The zero-order valence-electron chi connectivity index (χ0n) is 26.1. The Morgan fingerprint density at radius 3 is 1.56 bits per heavy atom. The number of hydrogen-bond acceptors (Lipinski definition) is 12. The van der Waals surface area contributed by atoms with E-state index < -0.39 is 54.4 Å². The predicted molar refractivity (Wildman–Crippen MR) is 180 cm³/mol. The summed E-state index contributed by atoms with van der Waals surface area (Å²) in [6.45, 7) is 0.210. The normalized spacial score (nSPS) is 14.5. The fourth-order valence-corrected chi connectivity index (χ4v) is 6.66. The van der Waals surface area contributed by atoms with Gasteiger partial charge in [-0.05, 0) is 22.9 Å². The van der Waals surface area contributed by atoms with E-state index in [-0.39, 0.29) is 71.3 Å². The van der Waals surface area contributed by atoms with Gasteiger partial charge in [0, 0.05) is 94.6 Å². The van der Waals surface area contributed by atoms with Gasteiger partial charge >= 0.3 is 0 Å². The van der Waals surface area contributed by atoms with E-state index in [1.807, 2.05) is 0 Å². The van der Waals surface area contributed by atoms with E-state index in [9.17, 15) is 52.0 Å². The van der Waals surface area contributed by atoms with Crippen LogP contribution in [0.5, 0.6) is 0 Å². The summed E-state index contributed by atoms with van der Waals surface area (Å²) in [5.74, 6) is -2.31. The summed E-state index contributed by atoms with van der Waals surface area (Å²) < 4.78 is 38.6. The standard InChI is InChI=1S/C30H23N5O9S.CH4O3S/c36-27-21-5-1-3-17-13-19(34(40)41)15-23(25(17)21)29(38)32(27)9-7-31-8-11-45(44)12-10-33-28(37)22-6-2-4-18-14-20(35(42)43)16-24(26(18)22)30(33)39;1-5(2,3)4/h1-6,13-16,31H,7-12H2;1H3,(H,2,3,4). The summed E-state index contributed by atoms with van der Waals surface area (Å²) in [4.78, 5) is 76.0. The van der Waals surface area contributed by atoms with Crippen LogP contribution in [0.2, 0.25) is 0 Å². The number of carbonyl (C=O) groups is 4. The molecule has 4 amide bonds. The Kier molecular flexibility index (Phi) is 10.1. The Morgan fingerprint density at radius 1 is 0.700 bits per heavy atom. The van der Waals surface area contributed by atoms with E-state index in [2.05, 4.69) is 5.32 Å². The highest BCUT2D eigenvalue weighted by Crippen LogP contribution is 2.34. The number of imide groups is 2. The Bertz CT molecular complexity index is 2270. The molecule has 2 aliphatic rings. The molecule has 0 aliphatic carbocycles. The van der Waals surface area contributed by atoms with Gasteiger partial charge in [-0.3, -0.25) is 58.0 Å². The number of nitro benzene ring substituents is 2. The SMILES string of the molecule is CS(=O)(=O)O.O=C1c2cccc3cc([N+](=O)[O-])cc(c23)C(=O)N1CCNCCS(=O)CCN1C(=O)c2cccc3cc([N+](=O)[O-])cc(c23)C1=O. The van der Waals surface area contributed by atoms with Crippen molar-refractivity contribution < 1.29 is 46.2 Å². The van der Waals surface area contributed by atoms with Gasteiger partial charge in [-0.25, -0.2) is 0 Å². The lowest BCUT2D eigenvalue weighted by atomic mass is 9.93. The number of non-ortho nitro benzene ring substituents is 2. The molecule has 0 saturated carbocycles. The number of nitrogens with one attached hydrogen (secondary N) is 1. The number of nitrogens with zero attached hydrogens (tertiary/aromatic N) is 4. The Morgan fingerprint density at radius 2 is 1.12 bits per heavy atom. The van der Waals surface area contributed by atoms with Crippen LogP contribution in [0.3, 0.4) is 0 Å². The molecule has 2 N–H and O–H groups in total. The number of nitro groups is 2. The molecule has 6 rings (SSSR count). The van der Waals surface area contributed by atoms with Crippen LogP contribution in [-0.4, -0.2) is 104 Å². The lowest BCUT2D eigenvalue weighted by molar-refractivity contribution is -0.384. The highest BCUT2D eigenvalue weighted by Gasteiger charge is 2.35. The van der Waals surface area contributed by atoms with E-state index in [4.69, 9.17) is 4.55 Å². The first-order valence-electron chi connectivity index (χ1n) is 14.7. The molecule has 0 aromatic heterocycles. The Hall–Kier alpha value is -5.50. The van der Waals surface area contributed by atoms with E-state index in [1.54, 1.807) is 36.4 Å². The molecule has 50 heavy (non-hydrogen) atoms. The van der Waals surface area contributed by atoms with Crippen molar-refractivity contribution >= 4 is 77.5 Å². The van der Waals surface area contributed by atoms with Crippen molar-refractivity contribution in [2.24, 2.45) is 0 Å². The first kappa shape index (κ1) is 35.8. The number of rotatable bonds is 11. The number of benzene rings is 4. The molecule has 0 bridgehead atoms. The first-order chi connectivity index (χ1) is 23.6. The third-order valence-electron chi connectivity index (χ3n) is 7.81. The van der Waals surface area contributed by atoms with Crippen LogP contribution in [-0.2, 0) is 20.9 Å². The average molecular weight is 726 g/mol. The first-order valence-corrected chi connectivity index (χ1v) is 18.0. The van der Waals surface area contributed by atoms with Gasteiger partial charge in [0.25, 0.3) is 45.1 Å². The van der Waals surface area contributed by atoms with Crippen molar-refractivity contribution in [3.05, 3.63) is 103 Å². The van der Waals surface area contributed by atoms with Crippen molar-refractivity contribution in [1.82, 2.24) is 15.1 Å². The summed E-state index contributed by atoms with van der Waals surface area (Å²) in [5, 5.41) is 27.3. The summed E-state index contributed by atoms with van der Waals surface area (Å²) in [6, 6.07) is 14.4. The average Bonchev–Trinajstić information content (AvgIpc) is 3.05. The third-order valence-corrected chi connectivity index (χ3v) is 9.11. The van der Waals surface area contributed by atoms with Crippen LogP contribution < -0.4 is 5.32 Å². The molecule has 260 valence electrons. The molecule has 0 spiro atoms. The molecule has 19 heteroatoms. The quantitative estimate of drug-likeness (QED) is 0.0743. The topological polar surface area (TPSA) is 245 Å². The zero-order chi connectivity index (χ0) is 36.5. The van der Waals surface area contributed by atoms with Crippen LogP contribution in [0.1, 0.15) is 41.4 Å². The van der Waals surface area contributed by atoms with Crippen LogP contribution in [0, 0.1) is 20.2 Å². The Balaban J connectivity index is 0.000000908. The summed E-state index contributed by atoms with van der Waals surface area (Å²) in [6.07, 6.45) is 0.715. The lowest BCUT2D eigenvalue weighted by Gasteiger charge is -2.27. The van der Waals surface area contributed by atoms with Crippen molar-refractivity contribution in [2.75, 3.05) is 43.9 Å². The van der Waals surface area contributed by atoms with E-state index in [0.717, 1.165) is 15.9 Å². The minimum Gasteiger partial charge on any atom is -0.314 e. The van der Waals surface area contributed by atoms with Gasteiger partial charge in [0.05, 0.1) is 27.2 Å². The Labute approximate surface area is 285 Å². The lowest BCUT2D eigenvalue weighted by Crippen LogP contribution is -2.44. The summed E-state index contributed by atoms with van der Waals surface area (Å²) in [5.41, 5.74) is 0.0897. The van der Waals surface area contributed by atoms with Gasteiger partial charge in [-0.2, -0.15) is 8.42 Å². The molecule has 17 nitrogen and oxygen atoms in total. The zero-order valence-corrected chi connectivity index (χ0v) is 27.7. The van der Waals surface area contributed by atoms with E-state index >= 15 is 0 Å². The molecule has 1 atom stereocenters. The van der Waals surface area contributed by atoms with Crippen molar-refractivity contribution in [1.29, 1.82) is 0 Å². The van der Waals surface area contributed by atoms with E-state index in [1.165, 1.54) is 18.2 Å². The number of hydrogen-bond donors (Lipinski definition) is 2. The second-order valence-electron chi connectivity index (χ2n) is 11.2. The van der Waals surface area contributed by atoms with Crippen molar-refractivity contribution in [3.63, 3.8) is 0 Å². The van der Waals surface area contributed by atoms with Gasteiger partial charge in [0.1, 0.15) is 0 Å². The van der Waals surface area contributed by atoms with Crippen LogP contribution in [0.25, 0.3) is 21.5 Å². The second kappa shape index (κ2) is 14.2. The predicted octanol–water partition coefficient (Wildman–Crippen LogP) is 2.54. The summed E-state index contributed by atoms with van der Waals surface area (Å²) in [7, 11) is -5.13. The maximum absolute atomic E-state index is 13.2. The van der Waals surface area contributed by atoms with Gasteiger partial charge in [-0.1, -0.05) is 24.3 Å². The van der Waals surface area contributed by atoms with Crippen molar-refractivity contribution in [2.45, 2.75) is 0 Å². The smallest absolute Gasteiger partial charge is 0.270 e. The number of amides is 4. The molecular weight excluding hydrogens is 698 g/mol. The van der Waals surface area contributed by atoms with Gasteiger partial charge in [-0.15, -0.1) is 0 Å². The molecule has 4 aromatic carbocycles. The molecule has 2 aliphatic heterocycles. The fourth-order valence-electron chi connectivity index (χ4n) is 5.70. The monoisotopic (exact) mass is 725 g/mol. The minimum atomic E-state index is -3.67. The minimum absolute atomic E-state index is 0.0257. The van der Waals surface area contributed by atoms with Crippen molar-refractivity contribution in [3.8, 4) is 0 Å². The van der Waals surface area contributed by atoms with Gasteiger partial charge in [0.2, 0.25) is 0 Å². The van der Waals surface area contributed by atoms with E-state index in [0.29, 0.717) is 27.8 Å². The highest BCUT2D eigenvalue weighted by molar-refractivity contribution is 7.85. The third kappa shape index (κ3) is 7.39. The van der Waals surface area contributed by atoms with Crippen LogP contribution >= 0.6 is 0 Å². The van der Waals surface area contributed by atoms with Crippen LogP contribution in [0.4, 0.5) is 11.4 Å². The maximum Gasteiger partial charge on any atom is 0.270 e. The second-order valence-corrected chi connectivity index (χ2v) is 14.3. The van der Waals surface area contributed by atoms with Gasteiger partial charge in [0.15, 0.2) is 0 Å². The molecule has 1 unspecified atom stereocenters. The molecule has 0 saturated heterocycles. The largest absolute Gasteiger partial charge is 0.314 e. The molecular formula is C31H27N5O12S2. The molecule has 0 fully saturated rings. The van der Waals surface area contributed by atoms with Crippen LogP contribution in [0.15, 0.2) is 60.7 Å². The summed E-state index contributed by atoms with van der Waals surface area (Å²) >= 11 is 0. The highest BCUT2D eigenvalue weighted by atomic mass is 32.2. The number of carbonyl (C=O) groups excluding carboxylic acids is 4. The molecule has 0 radical (unpaired) electrons. The maximum atomic E-state index is 13.2. The molecule has 4 aromatic rings. The van der Waals surface area contributed by atoms with Gasteiger partial charge < -0.3 is 5.32 Å².